The van der Waals surface area contributed by atoms with Gasteiger partial charge in [0.15, 0.2) is 5.69 Å². The van der Waals surface area contributed by atoms with E-state index in [2.05, 4.69) is 28.6 Å². The lowest BCUT2D eigenvalue weighted by Crippen LogP contribution is -2.38. The SMILES string of the molecule is CC1c2ccsc2CCN1C(=O)c1n[nH]c(C2CC2)c1N. The van der Waals surface area contributed by atoms with Crippen molar-refractivity contribution >= 4 is 22.9 Å². The fourth-order valence-electron chi connectivity index (χ4n) is 3.13. The molecule has 0 saturated heterocycles. The molecule has 4 rings (SSSR count). The number of carbonyl (C=O) groups is 1. The van der Waals surface area contributed by atoms with Gasteiger partial charge < -0.3 is 10.6 Å². The molecule has 1 aliphatic heterocycles. The Labute approximate surface area is 127 Å². The van der Waals surface area contributed by atoms with Gasteiger partial charge in [-0.3, -0.25) is 9.89 Å². The highest BCUT2D eigenvalue weighted by atomic mass is 32.1. The maximum absolute atomic E-state index is 12.8. The third-order valence-corrected chi connectivity index (χ3v) is 5.56. The van der Waals surface area contributed by atoms with Gasteiger partial charge in [0.1, 0.15) is 0 Å². The first-order valence-electron chi connectivity index (χ1n) is 7.37. The lowest BCUT2D eigenvalue weighted by Gasteiger charge is -2.33. The first kappa shape index (κ1) is 12.9. The normalized spacial score (nSPS) is 21.4. The van der Waals surface area contributed by atoms with E-state index in [4.69, 9.17) is 5.73 Å². The van der Waals surface area contributed by atoms with Crippen LogP contribution in [-0.4, -0.2) is 27.5 Å². The number of H-pyrrole nitrogens is 1. The van der Waals surface area contributed by atoms with Gasteiger partial charge in [-0.05, 0) is 43.2 Å². The van der Waals surface area contributed by atoms with Crippen molar-refractivity contribution in [3.8, 4) is 0 Å². The number of carbonyl (C=O) groups excluding carboxylic acids is 1. The maximum atomic E-state index is 12.8. The van der Waals surface area contributed by atoms with Crippen molar-refractivity contribution in [1.29, 1.82) is 0 Å². The molecule has 5 nitrogen and oxygen atoms in total. The minimum absolute atomic E-state index is 0.0556. The van der Waals surface area contributed by atoms with Gasteiger partial charge in [0, 0.05) is 17.3 Å². The Hall–Kier alpha value is -1.82. The van der Waals surface area contributed by atoms with Gasteiger partial charge in [-0.25, -0.2) is 0 Å². The molecule has 1 fully saturated rings. The molecule has 3 N–H and O–H groups in total. The molecule has 1 saturated carbocycles. The molecular formula is C15H18N4OS. The minimum atomic E-state index is -0.0556. The molecule has 0 spiro atoms. The average Bonchev–Trinajstić information content (AvgIpc) is 3.06. The van der Waals surface area contributed by atoms with Crippen LogP contribution in [0, 0.1) is 0 Å². The van der Waals surface area contributed by atoms with Crippen molar-refractivity contribution in [2.75, 3.05) is 12.3 Å². The van der Waals surface area contributed by atoms with Gasteiger partial charge in [0.25, 0.3) is 5.91 Å². The highest BCUT2D eigenvalue weighted by Gasteiger charge is 2.34. The van der Waals surface area contributed by atoms with Gasteiger partial charge in [-0.2, -0.15) is 5.10 Å². The van der Waals surface area contributed by atoms with Gasteiger partial charge in [0.2, 0.25) is 0 Å². The summed E-state index contributed by atoms with van der Waals surface area (Å²) in [6.45, 7) is 2.81. The van der Waals surface area contributed by atoms with Crippen LogP contribution in [0.4, 0.5) is 5.69 Å². The summed E-state index contributed by atoms with van der Waals surface area (Å²) in [4.78, 5) is 16.1. The number of nitrogen functional groups attached to an aromatic ring is 1. The molecule has 1 amide bonds. The number of thiophene rings is 1. The Morgan fingerprint density at radius 3 is 3.10 bits per heavy atom. The van der Waals surface area contributed by atoms with Crippen LogP contribution in [0.25, 0.3) is 0 Å². The third kappa shape index (κ3) is 1.97. The molecule has 2 aromatic rings. The second-order valence-corrected chi connectivity index (χ2v) is 6.90. The van der Waals surface area contributed by atoms with E-state index in [1.807, 2.05) is 4.90 Å². The number of anilines is 1. The lowest BCUT2D eigenvalue weighted by atomic mass is 10.0. The molecule has 0 radical (unpaired) electrons. The largest absolute Gasteiger partial charge is 0.395 e. The highest BCUT2D eigenvalue weighted by Crippen LogP contribution is 2.42. The van der Waals surface area contributed by atoms with E-state index in [9.17, 15) is 4.79 Å². The zero-order valence-electron chi connectivity index (χ0n) is 11.9. The Balaban J connectivity index is 1.63. The summed E-state index contributed by atoms with van der Waals surface area (Å²) >= 11 is 1.77. The number of aromatic amines is 1. The lowest BCUT2D eigenvalue weighted by molar-refractivity contribution is 0.0674. The quantitative estimate of drug-likeness (QED) is 0.895. The second-order valence-electron chi connectivity index (χ2n) is 5.90. The Morgan fingerprint density at radius 1 is 1.52 bits per heavy atom. The van der Waals surface area contributed by atoms with Crippen molar-refractivity contribution in [3.05, 3.63) is 33.3 Å². The molecule has 1 unspecified atom stereocenters. The van der Waals surface area contributed by atoms with E-state index in [0.717, 1.165) is 31.5 Å². The van der Waals surface area contributed by atoms with Crippen LogP contribution >= 0.6 is 11.3 Å². The van der Waals surface area contributed by atoms with Gasteiger partial charge in [-0.1, -0.05) is 0 Å². The number of nitrogens with two attached hydrogens (primary N) is 1. The van der Waals surface area contributed by atoms with Crippen LogP contribution < -0.4 is 5.73 Å². The van der Waals surface area contributed by atoms with Crippen molar-refractivity contribution < 1.29 is 4.79 Å². The summed E-state index contributed by atoms with van der Waals surface area (Å²) in [7, 11) is 0. The second kappa shape index (κ2) is 4.59. The van der Waals surface area contributed by atoms with E-state index in [-0.39, 0.29) is 11.9 Å². The van der Waals surface area contributed by atoms with Crippen molar-refractivity contribution in [2.24, 2.45) is 0 Å². The molecule has 2 aliphatic rings. The highest BCUT2D eigenvalue weighted by molar-refractivity contribution is 7.10. The van der Waals surface area contributed by atoms with Crippen molar-refractivity contribution in [1.82, 2.24) is 15.1 Å². The Kier molecular flexibility index (Phi) is 2.82. The fraction of sp³-hybridized carbons (Fsp3) is 0.467. The van der Waals surface area contributed by atoms with E-state index < -0.39 is 0 Å². The number of aromatic nitrogens is 2. The first-order chi connectivity index (χ1) is 10.2. The number of hydrogen-bond donors (Lipinski definition) is 2. The zero-order valence-corrected chi connectivity index (χ0v) is 12.7. The predicted molar refractivity (Wildman–Crippen MR) is 82.4 cm³/mol. The van der Waals surface area contributed by atoms with Gasteiger partial charge >= 0.3 is 0 Å². The third-order valence-electron chi connectivity index (χ3n) is 4.56. The molecule has 0 aromatic carbocycles. The van der Waals surface area contributed by atoms with Crippen LogP contribution in [0.15, 0.2) is 11.4 Å². The summed E-state index contributed by atoms with van der Waals surface area (Å²) in [6.07, 6.45) is 3.19. The van der Waals surface area contributed by atoms with Crippen LogP contribution in [0.1, 0.15) is 58.3 Å². The first-order valence-corrected chi connectivity index (χ1v) is 8.25. The number of hydrogen-bond acceptors (Lipinski definition) is 4. The van der Waals surface area contributed by atoms with Gasteiger partial charge in [-0.15, -0.1) is 11.3 Å². The summed E-state index contributed by atoms with van der Waals surface area (Å²) in [5, 5.41) is 9.26. The van der Waals surface area contributed by atoms with Crippen molar-refractivity contribution in [2.45, 2.75) is 38.1 Å². The molecule has 6 heteroatoms. The molecule has 21 heavy (non-hydrogen) atoms. The van der Waals surface area contributed by atoms with Crippen LogP contribution in [-0.2, 0) is 6.42 Å². The fourth-order valence-corrected chi connectivity index (χ4v) is 4.10. The topological polar surface area (TPSA) is 75.0 Å². The Morgan fingerprint density at radius 2 is 2.33 bits per heavy atom. The molecule has 0 bridgehead atoms. The molecular weight excluding hydrogens is 284 g/mol. The summed E-state index contributed by atoms with van der Waals surface area (Å²) < 4.78 is 0. The molecule has 1 aliphatic carbocycles. The minimum Gasteiger partial charge on any atom is -0.395 e. The zero-order chi connectivity index (χ0) is 14.6. The van der Waals surface area contributed by atoms with E-state index in [1.54, 1.807) is 11.3 Å². The number of nitrogens with one attached hydrogen (secondary N) is 1. The summed E-state index contributed by atoms with van der Waals surface area (Å²) in [6, 6.07) is 2.21. The number of amides is 1. The van der Waals surface area contributed by atoms with Crippen LogP contribution in [0.5, 0.6) is 0 Å². The van der Waals surface area contributed by atoms with E-state index in [0.29, 0.717) is 17.3 Å². The predicted octanol–water partition coefficient (Wildman–Crippen LogP) is 2.69. The van der Waals surface area contributed by atoms with Crippen LogP contribution in [0.3, 0.4) is 0 Å². The average molecular weight is 302 g/mol. The molecule has 3 heterocycles. The molecule has 110 valence electrons. The molecule has 1 atom stereocenters. The van der Waals surface area contributed by atoms with E-state index >= 15 is 0 Å². The molecule has 2 aromatic heterocycles. The number of fused-ring (bicyclic) bond motifs is 1. The van der Waals surface area contributed by atoms with E-state index in [1.165, 1.54) is 10.4 Å². The summed E-state index contributed by atoms with van der Waals surface area (Å²) in [5.41, 5.74) is 9.27. The maximum Gasteiger partial charge on any atom is 0.277 e. The number of rotatable bonds is 2. The van der Waals surface area contributed by atoms with Crippen molar-refractivity contribution in [3.63, 3.8) is 0 Å². The van der Waals surface area contributed by atoms with Gasteiger partial charge in [0.05, 0.1) is 17.4 Å². The standard InChI is InChI=1S/C15H18N4OS/c1-8-10-5-7-21-11(10)4-6-19(8)15(20)14-12(16)13(17-18-14)9-2-3-9/h5,7-9H,2-4,6,16H2,1H3,(H,17,18). The smallest absolute Gasteiger partial charge is 0.277 e. The Bertz CT molecular complexity index is 700. The summed E-state index contributed by atoms with van der Waals surface area (Å²) in [5.74, 6) is 0.418. The monoisotopic (exact) mass is 302 g/mol. The number of nitrogens with zero attached hydrogens (tertiary/aromatic N) is 2. The van der Waals surface area contributed by atoms with Crippen LogP contribution in [0.2, 0.25) is 0 Å².